The van der Waals surface area contributed by atoms with Gasteiger partial charge in [0.1, 0.15) is 0 Å². The van der Waals surface area contributed by atoms with Crippen LogP contribution in [0, 0.1) is 0 Å². The molecule has 0 aromatic heterocycles. The van der Waals surface area contributed by atoms with Gasteiger partial charge in [-0.25, -0.2) is 9.59 Å². The van der Waals surface area contributed by atoms with Crippen LogP contribution in [0.25, 0.3) is 0 Å². The Hall–Kier alpha value is -3.98. The summed E-state index contributed by atoms with van der Waals surface area (Å²) >= 11 is 0. The van der Waals surface area contributed by atoms with Crippen LogP contribution in [0.3, 0.4) is 0 Å². The van der Waals surface area contributed by atoms with Gasteiger partial charge in [-0.3, -0.25) is 0 Å². The number of fused-ring (bicyclic) bond motifs is 1. The number of hydrogen-bond acceptors (Lipinski definition) is 14. The van der Waals surface area contributed by atoms with Crippen molar-refractivity contribution in [3.8, 4) is 34.5 Å². The Morgan fingerprint density at radius 3 is 1.57 bits per heavy atom. The number of carbonyl (C=O) groups is 2. The largest absolute Gasteiger partial charge is 0.504 e. The van der Waals surface area contributed by atoms with E-state index in [1.54, 1.807) is 20.8 Å². The standard InChI is InChI=1S/C12H14O6.C8H8O5.C8H18O3/c1-4-16-12(2)17-9-6-7(11(14)15-3)5-8(13)10(9)18-12;1-13-8(12)4-2-5(9)7(11)6(10)3-4;1-5-9-8(4,10-6-2)11-7-3/h5-6,13H,4H2,1-3H3;2-3,9-11H,1H3;5-7H2,1-4H3. The SMILES string of the molecule is CCOC(C)(OCC)OCC.CCOC1(C)Oc2cc(C(=O)OC)cc(O)c2O1.COC(=O)c1cc(O)c(O)c(O)c1. The minimum Gasteiger partial charge on any atom is -0.504 e. The Labute approximate surface area is 244 Å². The number of rotatable bonds is 10. The molecular weight excluding hydrogens is 560 g/mol. The molecule has 0 bridgehead atoms. The second-order valence-corrected chi connectivity index (χ2v) is 8.33. The summed E-state index contributed by atoms with van der Waals surface area (Å²) in [5.41, 5.74) is 0.147. The highest BCUT2D eigenvalue weighted by Crippen LogP contribution is 2.46. The molecule has 3 rings (SSSR count). The monoisotopic (exact) mass is 600 g/mol. The Morgan fingerprint density at radius 1 is 0.738 bits per heavy atom. The van der Waals surface area contributed by atoms with E-state index in [-0.39, 0.29) is 28.4 Å². The molecule has 14 nitrogen and oxygen atoms in total. The highest BCUT2D eigenvalue weighted by atomic mass is 16.9. The number of phenols is 4. The quantitative estimate of drug-likeness (QED) is 0.174. The van der Waals surface area contributed by atoms with Crippen molar-refractivity contribution >= 4 is 11.9 Å². The summed E-state index contributed by atoms with van der Waals surface area (Å²) in [7, 11) is 2.43. The summed E-state index contributed by atoms with van der Waals surface area (Å²) in [6, 6.07) is 4.69. The van der Waals surface area contributed by atoms with E-state index in [1.807, 2.05) is 20.8 Å². The molecule has 0 radical (unpaired) electrons. The molecule has 2 aromatic rings. The van der Waals surface area contributed by atoms with Crippen molar-refractivity contribution in [3.63, 3.8) is 0 Å². The number of ether oxygens (including phenoxy) is 8. The number of benzene rings is 2. The van der Waals surface area contributed by atoms with Crippen LogP contribution >= 0.6 is 0 Å². The third kappa shape index (κ3) is 10.1. The van der Waals surface area contributed by atoms with Gasteiger partial charge in [-0.05, 0) is 52.0 Å². The lowest BCUT2D eigenvalue weighted by atomic mass is 10.2. The molecule has 0 fully saturated rings. The normalized spacial score (nSPS) is 15.0. The molecule has 0 saturated heterocycles. The molecular formula is C28H40O14. The van der Waals surface area contributed by atoms with Crippen molar-refractivity contribution in [2.24, 2.45) is 0 Å². The van der Waals surface area contributed by atoms with E-state index in [4.69, 9.17) is 43.7 Å². The van der Waals surface area contributed by atoms with Crippen molar-refractivity contribution in [3.05, 3.63) is 35.4 Å². The van der Waals surface area contributed by atoms with Crippen molar-refractivity contribution in [2.75, 3.05) is 40.6 Å². The Balaban J connectivity index is 0.000000328. The van der Waals surface area contributed by atoms with E-state index in [1.165, 1.54) is 26.4 Å². The molecule has 1 heterocycles. The highest BCUT2D eigenvalue weighted by molar-refractivity contribution is 5.91. The molecule has 236 valence electrons. The van der Waals surface area contributed by atoms with E-state index in [0.29, 0.717) is 26.4 Å². The number of phenolic OH excluding ortho intramolecular Hbond substituents is 4. The molecule has 1 aliphatic rings. The first-order valence-electron chi connectivity index (χ1n) is 13.0. The first kappa shape index (κ1) is 36.0. The van der Waals surface area contributed by atoms with Crippen LogP contribution < -0.4 is 9.47 Å². The van der Waals surface area contributed by atoms with Crippen molar-refractivity contribution in [1.82, 2.24) is 0 Å². The van der Waals surface area contributed by atoms with Gasteiger partial charge in [-0.2, -0.15) is 0 Å². The zero-order valence-corrected chi connectivity index (χ0v) is 25.0. The van der Waals surface area contributed by atoms with Gasteiger partial charge in [0.25, 0.3) is 5.97 Å². The average molecular weight is 601 g/mol. The molecule has 0 spiro atoms. The number of hydrogen-bond donors (Lipinski definition) is 4. The molecule has 1 unspecified atom stereocenters. The summed E-state index contributed by atoms with van der Waals surface area (Å²) in [6.07, 6.45) is 0. The number of carbonyl (C=O) groups excluding carboxylic acids is 2. The first-order valence-corrected chi connectivity index (χ1v) is 13.0. The predicted octanol–water partition coefficient (Wildman–Crippen LogP) is 4.02. The summed E-state index contributed by atoms with van der Waals surface area (Å²) in [5.74, 6) is -5.01. The maximum atomic E-state index is 11.4. The molecule has 14 heteroatoms. The van der Waals surface area contributed by atoms with Crippen LogP contribution in [0.15, 0.2) is 24.3 Å². The molecule has 1 aliphatic heterocycles. The molecule has 42 heavy (non-hydrogen) atoms. The Kier molecular flexibility index (Phi) is 14.1. The lowest BCUT2D eigenvalue weighted by molar-refractivity contribution is -0.365. The van der Waals surface area contributed by atoms with Crippen LogP contribution in [-0.2, 0) is 28.4 Å². The van der Waals surface area contributed by atoms with Crippen molar-refractivity contribution in [2.45, 2.75) is 53.5 Å². The minimum absolute atomic E-state index is 0.0321. The fraction of sp³-hybridized carbons (Fsp3) is 0.500. The summed E-state index contributed by atoms with van der Waals surface area (Å²) in [4.78, 5) is 22.3. The second-order valence-electron chi connectivity index (χ2n) is 8.33. The number of esters is 2. The van der Waals surface area contributed by atoms with Gasteiger partial charge in [0.05, 0.1) is 32.0 Å². The Bertz CT molecular complexity index is 1140. The number of methoxy groups -OCH3 is 2. The van der Waals surface area contributed by atoms with Gasteiger partial charge in [-0.1, -0.05) is 0 Å². The molecule has 4 N–H and O–H groups in total. The lowest BCUT2D eigenvalue weighted by Crippen LogP contribution is -2.37. The molecule has 0 aliphatic carbocycles. The maximum Gasteiger partial charge on any atom is 0.369 e. The van der Waals surface area contributed by atoms with E-state index < -0.39 is 41.1 Å². The average Bonchev–Trinajstić information content (AvgIpc) is 3.28. The lowest BCUT2D eigenvalue weighted by Gasteiger charge is -2.27. The molecule has 0 amide bonds. The minimum atomic E-state index is -1.29. The fourth-order valence-electron chi connectivity index (χ4n) is 3.48. The zero-order valence-electron chi connectivity index (χ0n) is 25.0. The second kappa shape index (κ2) is 16.5. The summed E-state index contributed by atoms with van der Waals surface area (Å²) < 4.78 is 40.8. The van der Waals surface area contributed by atoms with Crippen molar-refractivity contribution < 1.29 is 67.9 Å². The van der Waals surface area contributed by atoms with Crippen molar-refractivity contribution in [1.29, 1.82) is 0 Å². The Morgan fingerprint density at radius 2 is 1.17 bits per heavy atom. The van der Waals surface area contributed by atoms with Gasteiger partial charge in [0.15, 0.2) is 28.7 Å². The van der Waals surface area contributed by atoms with Gasteiger partial charge < -0.3 is 58.3 Å². The van der Waals surface area contributed by atoms with Crippen LogP contribution in [-0.4, -0.2) is 85.0 Å². The molecule has 1 atom stereocenters. The summed E-state index contributed by atoms with van der Waals surface area (Å²) in [6.45, 7) is 13.1. The van der Waals surface area contributed by atoms with E-state index in [9.17, 15) is 14.7 Å². The van der Waals surface area contributed by atoms with Crippen LogP contribution in [0.2, 0.25) is 0 Å². The topological polar surface area (TPSA) is 189 Å². The van der Waals surface area contributed by atoms with Crippen LogP contribution in [0.1, 0.15) is 62.3 Å². The number of aromatic hydroxyl groups is 4. The van der Waals surface area contributed by atoms with Gasteiger partial charge in [0, 0.05) is 33.7 Å². The fourth-order valence-corrected chi connectivity index (χ4v) is 3.48. The van der Waals surface area contributed by atoms with Crippen LogP contribution in [0.5, 0.6) is 34.5 Å². The van der Waals surface area contributed by atoms with Gasteiger partial charge in [-0.15, -0.1) is 0 Å². The summed E-state index contributed by atoms with van der Waals surface area (Å²) in [5, 5.41) is 36.7. The van der Waals surface area contributed by atoms with Crippen LogP contribution in [0.4, 0.5) is 0 Å². The van der Waals surface area contributed by atoms with E-state index >= 15 is 0 Å². The predicted molar refractivity (Wildman–Crippen MR) is 147 cm³/mol. The zero-order chi connectivity index (χ0) is 32.1. The smallest absolute Gasteiger partial charge is 0.369 e. The maximum absolute atomic E-state index is 11.4. The third-order valence-corrected chi connectivity index (χ3v) is 5.16. The molecule has 0 saturated carbocycles. The molecule has 2 aromatic carbocycles. The van der Waals surface area contributed by atoms with Gasteiger partial charge in [0.2, 0.25) is 5.75 Å². The van der Waals surface area contributed by atoms with E-state index in [0.717, 1.165) is 12.1 Å². The first-order chi connectivity index (χ1) is 19.7. The van der Waals surface area contributed by atoms with E-state index in [2.05, 4.69) is 9.47 Å². The third-order valence-electron chi connectivity index (χ3n) is 5.16. The highest BCUT2D eigenvalue weighted by Gasteiger charge is 2.40. The van der Waals surface area contributed by atoms with Gasteiger partial charge >= 0.3 is 17.9 Å².